The van der Waals surface area contributed by atoms with Gasteiger partial charge in [-0.05, 0) is 48.1 Å². The standard InChI is InChI=1S/C22H26N2/c1-4-10-19-16-24(23-21(19)11-5-2)22-15-9-14-20(17(22)3)18-12-7-6-8-13-18/h6-9,12-16H,4-5,10-11H2,1-3H3. The molecule has 2 aromatic carbocycles. The lowest BCUT2D eigenvalue weighted by molar-refractivity contribution is 0.797. The lowest BCUT2D eigenvalue weighted by Gasteiger charge is -2.11. The molecule has 0 bridgehead atoms. The molecule has 1 aromatic heterocycles. The molecule has 0 aliphatic rings. The third-order valence-electron chi connectivity index (χ3n) is 4.52. The van der Waals surface area contributed by atoms with Crippen molar-refractivity contribution in [2.45, 2.75) is 46.5 Å². The monoisotopic (exact) mass is 318 g/mol. The van der Waals surface area contributed by atoms with Crippen LogP contribution in [0.3, 0.4) is 0 Å². The molecule has 0 amide bonds. The van der Waals surface area contributed by atoms with Gasteiger partial charge in [0.15, 0.2) is 0 Å². The van der Waals surface area contributed by atoms with Gasteiger partial charge in [0, 0.05) is 6.20 Å². The van der Waals surface area contributed by atoms with Crippen LogP contribution in [0.5, 0.6) is 0 Å². The van der Waals surface area contributed by atoms with Gasteiger partial charge >= 0.3 is 0 Å². The van der Waals surface area contributed by atoms with Gasteiger partial charge in [0.25, 0.3) is 0 Å². The average Bonchev–Trinajstić information content (AvgIpc) is 2.99. The third kappa shape index (κ3) is 3.28. The number of aromatic nitrogens is 2. The highest BCUT2D eigenvalue weighted by atomic mass is 15.3. The number of aryl methyl sites for hydroxylation is 2. The van der Waals surface area contributed by atoms with Gasteiger partial charge in [-0.3, -0.25) is 0 Å². The van der Waals surface area contributed by atoms with Crippen molar-refractivity contribution in [1.29, 1.82) is 0 Å². The van der Waals surface area contributed by atoms with Gasteiger partial charge in [0.05, 0.1) is 11.4 Å². The minimum absolute atomic E-state index is 1.06. The largest absolute Gasteiger partial charge is 0.240 e. The van der Waals surface area contributed by atoms with Crippen LogP contribution in [0, 0.1) is 6.92 Å². The van der Waals surface area contributed by atoms with E-state index < -0.39 is 0 Å². The van der Waals surface area contributed by atoms with Gasteiger partial charge in [-0.1, -0.05) is 69.2 Å². The van der Waals surface area contributed by atoms with Crippen LogP contribution in [0.15, 0.2) is 54.7 Å². The molecule has 1 heterocycles. The Morgan fingerprint density at radius 2 is 1.62 bits per heavy atom. The maximum absolute atomic E-state index is 4.90. The Kier molecular flexibility index (Phi) is 5.14. The summed E-state index contributed by atoms with van der Waals surface area (Å²) in [6.45, 7) is 6.64. The normalized spacial score (nSPS) is 11.0. The van der Waals surface area contributed by atoms with E-state index in [4.69, 9.17) is 5.10 Å². The molecular weight excluding hydrogens is 292 g/mol. The van der Waals surface area contributed by atoms with E-state index in [1.54, 1.807) is 0 Å². The van der Waals surface area contributed by atoms with Crippen molar-refractivity contribution in [1.82, 2.24) is 9.78 Å². The molecule has 0 radical (unpaired) electrons. The van der Waals surface area contributed by atoms with E-state index in [-0.39, 0.29) is 0 Å². The maximum Gasteiger partial charge on any atom is 0.0681 e. The van der Waals surface area contributed by atoms with E-state index in [1.165, 1.54) is 33.6 Å². The smallest absolute Gasteiger partial charge is 0.0681 e. The molecule has 0 unspecified atom stereocenters. The fourth-order valence-electron chi connectivity index (χ4n) is 3.30. The van der Waals surface area contributed by atoms with Gasteiger partial charge in [-0.25, -0.2) is 4.68 Å². The minimum Gasteiger partial charge on any atom is -0.240 e. The summed E-state index contributed by atoms with van der Waals surface area (Å²) in [5, 5.41) is 4.90. The highest BCUT2D eigenvalue weighted by Crippen LogP contribution is 2.28. The Balaban J connectivity index is 2.06. The molecule has 0 aliphatic heterocycles. The lowest BCUT2D eigenvalue weighted by Crippen LogP contribution is -2.00. The quantitative estimate of drug-likeness (QED) is 0.565. The van der Waals surface area contributed by atoms with Gasteiger partial charge in [-0.2, -0.15) is 5.10 Å². The molecule has 2 heteroatoms. The Hall–Kier alpha value is -2.35. The van der Waals surface area contributed by atoms with Crippen LogP contribution in [-0.2, 0) is 12.8 Å². The first-order valence-corrected chi connectivity index (χ1v) is 8.97. The predicted molar refractivity (Wildman–Crippen MR) is 102 cm³/mol. The summed E-state index contributed by atoms with van der Waals surface area (Å²) < 4.78 is 2.08. The number of benzene rings is 2. The zero-order valence-corrected chi connectivity index (χ0v) is 14.9. The number of nitrogens with zero attached hydrogens (tertiary/aromatic N) is 2. The second kappa shape index (κ2) is 7.48. The summed E-state index contributed by atoms with van der Waals surface area (Å²) in [5.41, 5.74) is 7.63. The number of hydrogen-bond donors (Lipinski definition) is 0. The Morgan fingerprint density at radius 1 is 0.875 bits per heavy atom. The highest BCUT2D eigenvalue weighted by Gasteiger charge is 2.12. The molecule has 3 rings (SSSR count). The zero-order valence-electron chi connectivity index (χ0n) is 14.9. The maximum atomic E-state index is 4.90. The average molecular weight is 318 g/mol. The molecule has 0 spiro atoms. The van der Waals surface area contributed by atoms with Crippen LogP contribution >= 0.6 is 0 Å². The van der Waals surface area contributed by atoms with E-state index in [9.17, 15) is 0 Å². The Labute approximate surface area is 145 Å². The molecular formula is C22H26N2. The molecule has 3 aromatic rings. The van der Waals surface area contributed by atoms with Crippen molar-refractivity contribution in [2.75, 3.05) is 0 Å². The first kappa shape index (κ1) is 16.5. The van der Waals surface area contributed by atoms with Gasteiger partial charge in [0.1, 0.15) is 0 Å². The van der Waals surface area contributed by atoms with Crippen LogP contribution in [0.25, 0.3) is 16.8 Å². The van der Waals surface area contributed by atoms with Crippen molar-refractivity contribution in [2.24, 2.45) is 0 Å². The summed E-state index contributed by atoms with van der Waals surface area (Å²) in [4.78, 5) is 0. The molecule has 0 fully saturated rings. The minimum atomic E-state index is 1.06. The van der Waals surface area contributed by atoms with Crippen LogP contribution in [-0.4, -0.2) is 9.78 Å². The second-order valence-corrected chi connectivity index (χ2v) is 6.36. The fraction of sp³-hybridized carbons (Fsp3) is 0.318. The summed E-state index contributed by atoms with van der Waals surface area (Å²) in [6.07, 6.45) is 6.68. The molecule has 0 atom stereocenters. The Bertz CT molecular complexity index is 777. The SMILES string of the molecule is CCCc1cn(-c2cccc(-c3ccccc3)c2C)nc1CCC. The molecule has 0 aliphatic carbocycles. The topological polar surface area (TPSA) is 17.8 Å². The highest BCUT2D eigenvalue weighted by molar-refractivity contribution is 5.70. The van der Waals surface area contributed by atoms with E-state index in [2.05, 4.69) is 80.2 Å². The van der Waals surface area contributed by atoms with Crippen LogP contribution in [0.4, 0.5) is 0 Å². The first-order chi connectivity index (χ1) is 11.7. The fourth-order valence-corrected chi connectivity index (χ4v) is 3.30. The van der Waals surface area contributed by atoms with E-state index >= 15 is 0 Å². The van der Waals surface area contributed by atoms with Crippen LogP contribution in [0.2, 0.25) is 0 Å². The lowest BCUT2D eigenvalue weighted by atomic mass is 9.99. The summed E-state index contributed by atoms with van der Waals surface area (Å²) in [6, 6.07) is 17.1. The molecule has 0 N–H and O–H groups in total. The number of hydrogen-bond acceptors (Lipinski definition) is 1. The summed E-state index contributed by atoms with van der Waals surface area (Å²) >= 11 is 0. The summed E-state index contributed by atoms with van der Waals surface area (Å²) in [7, 11) is 0. The zero-order chi connectivity index (χ0) is 16.9. The Morgan fingerprint density at radius 3 is 2.33 bits per heavy atom. The van der Waals surface area contributed by atoms with E-state index in [1.807, 2.05) is 0 Å². The summed E-state index contributed by atoms with van der Waals surface area (Å²) in [5.74, 6) is 0. The molecule has 124 valence electrons. The van der Waals surface area contributed by atoms with Crippen molar-refractivity contribution < 1.29 is 0 Å². The number of rotatable bonds is 6. The van der Waals surface area contributed by atoms with Gasteiger partial charge < -0.3 is 0 Å². The van der Waals surface area contributed by atoms with Crippen LogP contribution in [0.1, 0.15) is 43.5 Å². The van der Waals surface area contributed by atoms with Crippen molar-refractivity contribution in [3.63, 3.8) is 0 Å². The van der Waals surface area contributed by atoms with E-state index in [0.29, 0.717) is 0 Å². The van der Waals surface area contributed by atoms with Gasteiger partial charge in [-0.15, -0.1) is 0 Å². The molecule has 24 heavy (non-hydrogen) atoms. The van der Waals surface area contributed by atoms with Crippen molar-refractivity contribution in [3.8, 4) is 16.8 Å². The molecule has 0 saturated carbocycles. The predicted octanol–water partition coefficient (Wildman–Crippen LogP) is 5.75. The van der Waals surface area contributed by atoms with Gasteiger partial charge in [0.2, 0.25) is 0 Å². The van der Waals surface area contributed by atoms with Crippen molar-refractivity contribution >= 4 is 0 Å². The molecule has 0 saturated heterocycles. The second-order valence-electron chi connectivity index (χ2n) is 6.36. The van der Waals surface area contributed by atoms with E-state index in [0.717, 1.165) is 25.7 Å². The first-order valence-electron chi connectivity index (χ1n) is 8.97. The molecule has 2 nitrogen and oxygen atoms in total. The van der Waals surface area contributed by atoms with Crippen LogP contribution < -0.4 is 0 Å². The van der Waals surface area contributed by atoms with Crippen molar-refractivity contribution in [3.05, 3.63) is 71.5 Å². The third-order valence-corrected chi connectivity index (χ3v) is 4.52.